The Morgan fingerprint density at radius 3 is 2.64 bits per heavy atom. The molecule has 1 amide bonds. The Kier molecular flexibility index (Phi) is 5.50. The van der Waals surface area contributed by atoms with E-state index in [4.69, 9.17) is 11.6 Å². The van der Waals surface area contributed by atoms with Gasteiger partial charge in [-0.3, -0.25) is 4.79 Å². The van der Waals surface area contributed by atoms with Crippen molar-refractivity contribution in [3.8, 4) is 0 Å². The van der Waals surface area contributed by atoms with Gasteiger partial charge in [-0.15, -0.1) is 0 Å². The van der Waals surface area contributed by atoms with E-state index in [1.165, 1.54) is 6.33 Å². The SMILES string of the molecule is CCN1CCN(C(=O)c2cc(Nc3ccc(Cl)cc3C)ncn2)CC1. The summed E-state index contributed by atoms with van der Waals surface area (Å²) < 4.78 is 0. The molecule has 1 aromatic carbocycles. The van der Waals surface area contributed by atoms with E-state index in [1.54, 1.807) is 6.07 Å². The van der Waals surface area contributed by atoms with Crippen LogP contribution in [-0.4, -0.2) is 58.4 Å². The summed E-state index contributed by atoms with van der Waals surface area (Å²) in [4.78, 5) is 25.2. The van der Waals surface area contributed by atoms with Gasteiger partial charge in [0.1, 0.15) is 17.8 Å². The highest BCUT2D eigenvalue weighted by Crippen LogP contribution is 2.23. The second kappa shape index (κ2) is 7.80. The summed E-state index contributed by atoms with van der Waals surface area (Å²) in [5, 5.41) is 3.91. The van der Waals surface area contributed by atoms with Crippen molar-refractivity contribution in [2.75, 3.05) is 38.0 Å². The maximum absolute atomic E-state index is 12.7. The van der Waals surface area contributed by atoms with E-state index in [1.807, 2.05) is 30.0 Å². The third kappa shape index (κ3) is 4.27. The number of amides is 1. The van der Waals surface area contributed by atoms with Crippen LogP contribution >= 0.6 is 11.6 Å². The van der Waals surface area contributed by atoms with Gasteiger partial charge in [-0.1, -0.05) is 18.5 Å². The molecule has 7 heteroatoms. The summed E-state index contributed by atoms with van der Waals surface area (Å²) in [7, 11) is 0. The van der Waals surface area contributed by atoms with Crippen LogP contribution in [0.4, 0.5) is 11.5 Å². The van der Waals surface area contributed by atoms with Crippen LogP contribution in [0.15, 0.2) is 30.6 Å². The van der Waals surface area contributed by atoms with Crippen LogP contribution in [0.25, 0.3) is 0 Å². The van der Waals surface area contributed by atoms with Crippen LogP contribution in [0.1, 0.15) is 23.0 Å². The number of benzene rings is 1. The molecule has 1 aromatic heterocycles. The van der Waals surface area contributed by atoms with Crippen molar-refractivity contribution in [3.63, 3.8) is 0 Å². The number of carbonyl (C=O) groups is 1. The van der Waals surface area contributed by atoms with Crippen molar-refractivity contribution >= 4 is 29.0 Å². The normalized spacial score (nSPS) is 15.2. The Morgan fingerprint density at radius 1 is 1.20 bits per heavy atom. The molecule has 1 fully saturated rings. The predicted octanol–water partition coefficient (Wildman–Crippen LogP) is 2.96. The third-order valence-corrected chi connectivity index (χ3v) is 4.68. The monoisotopic (exact) mass is 359 g/mol. The number of aryl methyl sites for hydroxylation is 1. The molecule has 1 aliphatic heterocycles. The standard InChI is InChI=1S/C18H22ClN5O/c1-3-23-6-8-24(9-7-23)18(25)16-11-17(21-12-20-16)22-15-5-4-14(19)10-13(15)2/h4-5,10-12H,3,6-9H2,1-2H3,(H,20,21,22). The zero-order chi connectivity index (χ0) is 17.8. The number of piperazine rings is 1. The lowest BCUT2D eigenvalue weighted by Crippen LogP contribution is -2.48. The van der Waals surface area contributed by atoms with Gasteiger partial charge in [0, 0.05) is 43.0 Å². The minimum atomic E-state index is -0.0472. The number of nitrogens with zero attached hydrogens (tertiary/aromatic N) is 4. The van der Waals surface area contributed by atoms with Crippen LogP contribution in [-0.2, 0) is 0 Å². The van der Waals surface area contributed by atoms with Gasteiger partial charge in [0.15, 0.2) is 0 Å². The largest absolute Gasteiger partial charge is 0.340 e. The number of aromatic nitrogens is 2. The van der Waals surface area contributed by atoms with Crippen molar-refractivity contribution in [3.05, 3.63) is 46.9 Å². The fraction of sp³-hybridized carbons (Fsp3) is 0.389. The molecule has 1 aliphatic rings. The topological polar surface area (TPSA) is 61.4 Å². The van der Waals surface area contributed by atoms with Crippen LogP contribution in [0.3, 0.4) is 0 Å². The molecular weight excluding hydrogens is 338 g/mol. The molecule has 1 saturated heterocycles. The zero-order valence-corrected chi connectivity index (χ0v) is 15.3. The molecule has 0 spiro atoms. The molecule has 2 aromatic rings. The van der Waals surface area contributed by atoms with Crippen LogP contribution in [0, 0.1) is 6.92 Å². The summed E-state index contributed by atoms with van der Waals surface area (Å²) in [6.45, 7) is 8.40. The fourth-order valence-corrected chi connectivity index (χ4v) is 3.10. The quantitative estimate of drug-likeness (QED) is 0.909. The number of anilines is 2. The first-order valence-electron chi connectivity index (χ1n) is 8.43. The highest BCUT2D eigenvalue weighted by atomic mass is 35.5. The Labute approximate surface area is 152 Å². The van der Waals surface area contributed by atoms with Crippen molar-refractivity contribution in [2.45, 2.75) is 13.8 Å². The average Bonchev–Trinajstić information content (AvgIpc) is 2.64. The Bertz CT molecular complexity index is 759. The first-order valence-corrected chi connectivity index (χ1v) is 8.81. The molecule has 0 aliphatic carbocycles. The first-order chi connectivity index (χ1) is 12.1. The lowest BCUT2D eigenvalue weighted by atomic mass is 10.2. The number of likely N-dealkylation sites (N-methyl/N-ethyl adjacent to an activating group) is 1. The van der Waals surface area contributed by atoms with Crippen LogP contribution in [0.5, 0.6) is 0 Å². The second-order valence-corrected chi connectivity index (χ2v) is 6.54. The molecule has 1 N–H and O–H groups in total. The molecule has 132 valence electrons. The highest BCUT2D eigenvalue weighted by molar-refractivity contribution is 6.30. The van der Waals surface area contributed by atoms with E-state index in [2.05, 4.69) is 27.1 Å². The predicted molar refractivity (Wildman–Crippen MR) is 99.5 cm³/mol. The maximum atomic E-state index is 12.7. The molecule has 0 radical (unpaired) electrons. The fourth-order valence-electron chi connectivity index (χ4n) is 2.88. The second-order valence-electron chi connectivity index (χ2n) is 6.10. The maximum Gasteiger partial charge on any atom is 0.272 e. The van der Waals surface area contributed by atoms with Gasteiger partial charge < -0.3 is 15.1 Å². The van der Waals surface area contributed by atoms with Gasteiger partial charge in [0.25, 0.3) is 5.91 Å². The van der Waals surface area contributed by atoms with Gasteiger partial charge in [-0.2, -0.15) is 0 Å². The van der Waals surface area contributed by atoms with Gasteiger partial charge in [-0.25, -0.2) is 9.97 Å². The summed E-state index contributed by atoms with van der Waals surface area (Å²) in [6, 6.07) is 7.29. The Hall–Kier alpha value is -2.18. The molecule has 2 heterocycles. The lowest BCUT2D eigenvalue weighted by molar-refractivity contribution is 0.0637. The number of carbonyl (C=O) groups excluding carboxylic acids is 1. The van der Waals surface area contributed by atoms with E-state index in [0.29, 0.717) is 16.5 Å². The van der Waals surface area contributed by atoms with E-state index < -0.39 is 0 Å². The molecule has 0 saturated carbocycles. The van der Waals surface area contributed by atoms with E-state index >= 15 is 0 Å². The van der Waals surface area contributed by atoms with Gasteiger partial charge in [0.05, 0.1) is 0 Å². The summed E-state index contributed by atoms with van der Waals surface area (Å²) in [5.41, 5.74) is 2.32. The minimum Gasteiger partial charge on any atom is -0.340 e. The highest BCUT2D eigenvalue weighted by Gasteiger charge is 2.22. The lowest BCUT2D eigenvalue weighted by Gasteiger charge is -2.33. The Morgan fingerprint density at radius 2 is 1.96 bits per heavy atom. The molecular formula is C18H22ClN5O. The van der Waals surface area contributed by atoms with E-state index in [0.717, 1.165) is 44.0 Å². The van der Waals surface area contributed by atoms with Crippen LogP contribution in [0.2, 0.25) is 5.02 Å². The van der Waals surface area contributed by atoms with Gasteiger partial charge in [-0.05, 0) is 37.2 Å². The van der Waals surface area contributed by atoms with Crippen molar-refractivity contribution in [2.24, 2.45) is 0 Å². The first kappa shape index (κ1) is 17.6. The van der Waals surface area contributed by atoms with Gasteiger partial charge >= 0.3 is 0 Å². The summed E-state index contributed by atoms with van der Waals surface area (Å²) in [5.74, 6) is 0.546. The zero-order valence-electron chi connectivity index (χ0n) is 14.5. The number of halogens is 1. The smallest absolute Gasteiger partial charge is 0.272 e. The average molecular weight is 360 g/mol. The molecule has 0 atom stereocenters. The Balaban J connectivity index is 1.72. The van der Waals surface area contributed by atoms with Crippen molar-refractivity contribution < 1.29 is 4.79 Å². The number of hydrogen-bond acceptors (Lipinski definition) is 5. The molecule has 0 bridgehead atoms. The van der Waals surface area contributed by atoms with Crippen molar-refractivity contribution in [1.82, 2.24) is 19.8 Å². The minimum absolute atomic E-state index is 0.0472. The summed E-state index contributed by atoms with van der Waals surface area (Å²) in [6.07, 6.45) is 1.42. The van der Waals surface area contributed by atoms with E-state index in [9.17, 15) is 4.79 Å². The van der Waals surface area contributed by atoms with E-state index in [-0.39, 0.29) is 5.91 Å². The van der Waals surface area contributed by atoms with Gasteiger partial charge in [0.2, 0.25) is 0 Å². The number of rotatable bonds is 4. The molecule has 3 rings (SSSR count). The van der Waals surface area contributed by atoms with Crippen LogP contribution < -0.4 is 5.32 Å². The molecule has 25 heavy (non-hydrogen) atoms. The summed E-state index contributed by atoms with van der Waals surface area (Å²) >= 11 is 5.99. The molecule has 6 nitrogen and oxygen atoms in total. The third-order valence-electron chi connectivity index (χ3n) is 4.44. The number of nitrogens with one attached hydrogen (secondary N) is 1. The number of hydrogen-bond donors (Lipinski definition) is 1. The molecule has 0 unspecified atom stereocenters. The van der Waals surface area contributed by atoms with Crippen molar-refractivity contribution in [1.29, 1.82) is 0 Å².